The Morgan fingerprint density at radius 2 is 1.94 bits per heavy atom. The van der Waals surface area contributed by atoms with Crippen LogP contribution in [0.4, 0.5) is 4.79 Å². The predicted molar refractivity (Wildman–Crippen MR) is 65.5 cm³/mol. The van der Waals surface area contributed by atoms with Crippen LogP contribution in [0.1, 0.15) is 33.1 Å². The third-order valence-electron chi connectivity index (χ3n) is 2.23. The van der Waals surface area contributed by atoms with Crippen molar-refractivity contribution in [3.8, 4) is 11.8 Å². The van der Waals surface area contributed by atoms with Crippen LogP contribution in [0.15, 0.2) is 0 Å². The predicted octanol–water partition coefficient (Wildman–Crippen LogP) is 1.20. The van der Waals surface area contributed by atoms with Crippen molar-refractivity contribution >= 4 is 12.0 Å². The fourth-order valence-corrected chi connectivity index (χ4v) is 1.16. The highest BCUT2D eigenvalue weighted by atomic mass is 16.4. The molecule has 2 amide bonds. The Balaban J connectivity index is 3.44. The minimum Gasteiger partial charge on any atom is -0.481 e. The van der Waals surface area contributed by atoms with Gasteiger partial charge in [-0.15, -0.1) is 11.8 Å². The number of rotatable bonds is 7. The summed E-state index contributed by atoms with van der Waals surface area (Å²) >= 11 is 0. The number of hydrogen-bond donors (Lipinski definition) is 3. The molecule has 0 aromatic rings. The molecule has 1 unspecified atom stereocenters. The Morgan fingerprint density at radius 1 is 1.29 bits per heavy atom. The first-order valence-corrected chi connectivity index (χ1v) is 5.72. The summed E-state index contributed by atoms with van der Waals surface area (Å²) in [6, 6.07) is -0.231. The summed E-state index contributed by atoms with van der Waals surface area (Å²) < 4.78 is 0. The number of amides is 2. The highest BCUT2D eigenvalue weighted by molar-refractivity contribution is 5.73. The molecule has 0 saturated carbocycles. The number of carbonyl (C=O) groups is 2. The molecule has 5 heteroatoms. The molecule has 0 heterocycles. The Morgan fingerprint density at radius 3 is 2.53 bits per heavy atom. The first-order valence-electron chi connectivity index (χ1n) is 5.72. The van der Waals surface area contributed by atoms with Crippen LogP contribution in [0.25, 0.3) is 0 Å². The molecular weight excluding hydrogens is 220 g/mol. The highest BCUT2D eigenvalue weighted by Crippen LogP contribution is 2.03. The molecule has 0 aliphatic rings. The van der Waals surface area contributed by atoms with Gasteiger partial charge in [0.05, 0.1) is 5.92 Å². The van der Waals surface area contributed by atoms with Crippen LogP contribution < -0.4 is 10.6 Å². The van der Waals surface area contributed by atoms with Crippen LogP contribution in [0.2, 0.25) is 0 Å². The van der Waals surface area contributed by atoms with Gasteiger partial charge in [-0.05, 0) is 19.8 Å². The fourth-order valence-electron chi connectivity index (χ4n) is 1.16. The smallest absolute Gasteiger partial charge is 0.314 e. The van der Waals surface area contributed by atoms with Crippen molar-refractivity contribution in [1.82, 2.24) is 10.6 Å². The molecule has 0 radical (unpaired) electrons. The number of carboxylic acids is 1. The number of nitrogens with one attached hydrogen (secondary N) is 2. The molecule has 0 aliphatic heterocycles. The minimum absolute atomic E-state index is 0.231. The second-order valence-corrected chi connectivity index (χ2v) is 3.74. The van der Waals surface area contributed by atoms with Crippen molar-refractivity contribution in [2.45, 2.75) is 33.1 Å². The van der Waals surface area contributed by atoms with Crippen molar-refractivity contribution in [1.29, 1.82) is 0 Å². The normalized spacial score (nSPS) is 10.9. The van der Waals surface area contributed by atoms with Crippen LogP contribution in [-0.2, 0) is 4.79 Å². The third kappa shape index (κ3) is 9.24. The second kappa shape index (κ2) is 9.52. The van der Waals surface area contributed by atoms with Gasteiger partial charge < -0.3 is 15.7 Å². The van der Waals surface area contributed by atoms with Crippen LogP contribution in [0.3, 0.4) is 0 Å². The van der Waals surface area contributed by atoms with Gasteiger partial charge in [-0.1, -0.05) is 6.92 Å². The molecule has 0 rings (SSSR count). The average molecular weight is 240 g/mol. The van der Waals surface area contributed by atoms with E-state index in [-0.39, 0.29) is 11.9 Å². The van der Waals surface area contributed by atoms with Gasteiger partial charge in [0.25, 0.3) is 0 Å². The zero-order valence-electron chi connectivity index (χ0n) is 10.4. The lowest BCUT2D eigenvalue weighted by Crippen LogP contribution is -2.36. The zero-order valence-corrected chi connectivity index (χ0v) is 10.4. The van der Waals surface area contributed by atoms with E-state index in [9.17, 15) is 9.59 Å². The van der Waals surface area contributed by atoms with Gasteiger partial charge in [-0.3, -0.25) is 4.79 Å². The molecule has 0 spiro atoms. The van der Waals surface area contributed by atoms with E-state index in [4.69, 9.17) is 5.11 Å². The molecule has 5 nitrogen and oxygen atoms in total. The summed E-state index contributed by atoms with van der Waals surface area (Å²) in [6.07, 6.45) is 1.87. The van der Waals surface area contributed by atoms with Gasteiger partial charge in [0.2, 0.25) is 0 Å². The van der Waals surface area contributed by atoms with Crippen molar-refractivity contribution in [3.63, 3.8) is 0 Å². The number of urea groups is 1. The monoisotopic (exact) mass is 240 g/mol. The van der Waals surface area contributed by atoms with E-state index in [0.717, 1.165) is 0 Å². The molecule has 0 aromatic heterocycles. The fraction of sp³-hybridized carbons (Fsp3) is 0.667. The molecule has 0 bridgehead atoms. The van der Waals surface area contributed by atoms with Crippen LogP contribution >= 0.6 is 0 Å². The zero-order chi connectivity index (χ0) is 13.1. The van der Waals surface area contributed by atoms with Gasteiger partial charge in [-0.25, -0.2) is 4.79 Å². The van der Waals surface area contributed by atoms with Crippen molar-refractivity contribution in [2.75, 3.05) is 13.1 Å². The van der Waals surface area contributed by atoms with Gasteiger partial charge in [0, 0.05) is 19.5 Å². The molecule has 0 aliphatic carbocycles. The van der Waals surface area contributed by atoms with Gasteiger partial charge in [-0.2, -0.15) is 0 Å². The highest BCUT2D eigenvalue weighted by Gasteiger charge is 2.09. The number of hydrogen-bond acceptors (Lipinski definition) is 2. The van der Waals surface area contributed by atoms with E-state index < -0.39 is 5.97 Å². The van der Waals surface area contributed by atoms with Crippen molar-refractivity contribution < 1.29 is 14.7 Å². The Labute approximate surface area is 102 Å². The minimum atomic E-state index is -0.799. The van der Waals surface area contributed by atoms with E-state index in [1.807, 2.05) is 0 Å². The van der Waals surface area contributed by atoms with Crippen LogP contribution in [-0.4, -0.2) is 30.2 Å². The summed E-state index contributed by atoms with van der Waals surface area (Å²) in [5.41, 5.74) is 0. The summed E-state index contributed by atoms with van der Waals surface area (Å²) in [4.78, 5) is 21.7. The number of carbonyl (C=O) groups excluding carboxylic acids is 1. The Kier molecular flexibility index (Phi) is 8.57. The summed E-state index contributed by atoms with van der Waals surface area (Å²) in [5.74, 6) is 4.42. The second-order valence-electron chi connectivity index (χ2n) is 3.74. The summed E-state index contributed by atoms with van der Waals surface area (Å²) in [7, 11) is 0. The first-order chi connectivity index (χ1) is 8.07. The largest absolute Gasteiger partial charge is 0.481 e. The average Bonchev–Trinajstić information content (AvgIpc) is 2.29. The van der Waals surface area contributed by atoms with E-state index in [1.165, 1.54) is 0 Å². The molecule has 0 aromatic carbocycles. The lowest BCUT2D eigenvalue weighted by atomic mass is 10.1. The van der Waals surface area contributed by atoms with Gasteiger partial charge in [0.1, 0.15) is 0 Å². The van der Waals surface area contributed by atoms with Crippen LogP contribution in [0.5, 0.6) is 0 Å². The standard InChI is InChI=1S/C12H20N2O3/c1-3-4-5-8-13-12(17)14-9-6-7-10(2)11(15)16/h10H,5-9H2,1-2H3,(H,15,16)(H2,13,14,17). The molecule has 0 saturated heterocycles. The van der Waals surface area contributed by atoms with E-state index >= 15 is 0 Å². The molecule has 96 valence electrons. The summed E-state index contributed by atoms with van der Waals surface area (Å²) in [5, 5.41) is 14.0. The third-order valence-corrected chi connectivity index (χ3v) is 2.23. The van der Waals surface area contributed by atoms with Crippen LogP contribution in [0, 0.1) is 17.8 Å². The van der Waals surface area contributed by atoms with Gasteiger partial charge >= 0.3 is 12.0 Å². The molecule has 0 fully saturated rings. The van der Waals surface area contributed by atoms with E-state index in [2.05, 4.69) is 22.5 Å². The topological polar surface area (TPSA) is 78.4 Å². The number of carboxylic acid groups (broad SMARTS) is 1. The van der Waals surface area contributed by atoms with Crippen molar-refractivity contribution in [2.24, 2.45) is 5.92 Å². The molecular formula is C12H20N2O3. The maximum atomic E-state index is 11.2. The maximum Gasteiger partial charge on any atom is 0.314 e. The van der Waals surface area contributed by atoms with Gasteiger partial charge in [0.15, 0.2) is 0 Å². The number of aliphatic carboxylic acids is 1. The molecule has 17 heavy (non-hydrogen) atoms. The quantitative estimate of drug-likeness (QED) is 0.462. The SMILES string of the molecule is CC#CCCNC(=O)NCCCC(C)C(=O)O. The summed E-state index contributed by atoms with van der Waals surface area (Å²) in [6.45, 7) is 4.43. The Bertz CT molecular complexity index is 305. The maximum absolute atomic E-state index is 11.2. The van der Waals surface area contributed by atoms with E-state index in [0.29, 0.717) is 32.4 Å². The van der Waals surface area contributed by atoms with Crippen molar-refractivity contribution in [3.05, 3.63) is 0 Å². The lowest BCUT2D eigenvalue weighted by molar-refractivity contribution is -0.141. The molecule has 3 N–H and O–H groups in total. The first kappa shape index (κ1) is 15.3. The van der Waals surface area contributed by atoms with E-state index in [1.54, 1.807) is 13.8 Å². The Hall–Kier alpha value is -1.70. The lowest BCUT2D eigenvalue weighted by Gasteiger charge is -2.08. The molecule has 1 atom stereocenters.